The summed E-state index contributed by atoms with van der Waals surface area (Å²) in [6.45, 7) is 2.53. The monoisotopic (exact) mass is 520 g/mol. The Morgan fingerprint density at radius 3 is 2.19 bits per heavy atom. The molecule has 0 unspecified atom stereocenters. The van der Waals surface area contributed by atoms with Crippen LogP contribution in [-0.2, 0) is 30.5 Å². The molecule has 0 radical (unpaired) electrons. The van der Waals surface area contributed by atoms with Crippen LogP contribution in [0.5, 0.6) is 0 Å². The Morgan fingerprint density at radius 2 is 1.69 bits per heavy atom. The molecule has 1 aromatic heterocycles. The third kappa shape index (κ3) is 3.36. The van der Waals surface area contributed by atoms with E-state index in [1.807, 2.05) is 0 Å². The van der Waals surface area contributed by atoms with E-state index in [1.165, 1.54) is 38.2 Å². The number of aromatic nitrogens is 1. The van der Waals surface area contributed by atoms with E-state index in [0.717, 1.165) is 16.4 Å². The van der Waals surface area contributed by atoms with E-state index < -0.39 is 62.2 Å². The number of amides is 2. The average Bonchev–Trinajstić information content (AvgIpc) is 3.18. The molecule has 2 aromatic rings. The number of carbonyl (C=O) groups is 2. The molecule has 0 aliphatic carbocycles. The van der Waals surface area contributed by atoms with Gasteiger partial charge in [-0.1, -0.05) is 6.07 Å². The van der Waals surface area contributed by atoms with Crippen LogP contribution in [0.25, 0.3) is 0 Å². The standard InChI is InChI=1S/C23H19F3N4O5S/c1-21-11-29(36(33,34)16-5-3-4-8-28-16)12-22(2,35-21)18-17(21)19(31)30(20(18)32)14-7-6-13(10-27)15(9-14)23(24,25)26/h3-9,17-18H,11-12H2,1-2H3/t17-,18+,21-,22+. The molecule has 0 saturated carbocycles. The largest absolute Gasteiger partial charge is 0.417 e. The summed E-state index contributed by atoms with van der Waals surface area (Å²) in [5.41, 5.74) is -5.04. The van der Waals surface area contributed by atoms with Gasteiger partial charge in [0.2, 0.25) is 11.8 Å². The molecule has 0 N–H and O–H groups in total. The Bertz CT molecular complexity index is 1410. The highest BCUT2D eigenvalue weighted by atomic mass is 32.2. The zero-order valence-corrected chi connectivity index (χ0v) is 19.8. The molecule has 13 heteroatoms. The van der Waals surface area contributed by atoms with Gasteiger partial charge >= 0.3 is 6.18 Å². The summed E-state index contributed by atoms with van der Waals surface area (Å²) in [5.74, 6) is -3.81. The Kier molecular flexibility index (Phi) is 5.13. The van der Waals surface area contributed by atoms with Crippen LogP contribution in [0.1, 0.15) is 25.0 Å². The fourth-order valence-corrected chi connectivity index (χ4v) is 7.20. The maximum Gasteiger partial charge on any atom is 0.417 e. The van der Waals surface area contributed by atoms with Crippen molar-refractivity contribution in [2.75, 3.05) is 18.0 Å². The second-order valence-corrected chi connectivity index (χ2v) is 11.4. The summed E-state index contributed by atoms with van der Waals surface area (Å²) >= 11 is 0. The highest BCUT2D eigenvalue weighted by Crippen LogP contribution is 2.56. The number of benzene rings is 1. The fourth-order valence-electron chi connectivity index (χ4n) is 5.64. The number of hydrogen-bond acceptors (Lipinski definition) is 7. The van der Waals surface area contributed by atoms with Crippen molar-refractivity contribution in [3.05, 3.63) is 53.7 Å². The number of sulfonamides is 1. The van der Waals surface area contributed by atoms with Gasteiger partial charge in [-0.15, -0.1) is 0 Å². The Morgan fingerprint density at radius 1 is 1.08 bits per heavy atom. The quantitative estimate of drug-likeness (QED) is 0.570. The number of fused-ring (bicyclic) bond motifs is 5. The summed E-state index contributed by atoms with van der Waals surface area (Å²) in [5, 5.41) is 8.86. The summed E-state index contributed by atoms with van der Waals surface area (Å²) < 4.78 is 74.3. The van der Waals surface area contributed by atoms with E-state index in [9.17, 15) is 31.2 Å². The predicted molar refractivity (Wildman–Crippen MR) is 117 cm³/mol. The predicted octanol–water partition coefficient (Wildman–Crippen LogP) is 2.33. The second-order valence-electron chi connectivity index (χ2n) is 9.48. The lowest BCUT2D eigenvalue weighted by Crippen LogP contribution is -2.59. The molecular formula is C23H19F3N4O5S. The minimum atomic E-state index is -4.87. The maximum atomic E-state index is 13.5. The van der Waals surface area contributed by atoms with Crippen molar-refractivity contribution in [2.45, 2.75) is 36.3 Å². The van der Waals surface area contributed by atoms with Gasteiger partial charge in [-0.25, -0.2) is 18.3 Å². The van der Waals surface area contributed by atoms with Crippen molar-refractivity contribution in [3.8, 4) is 6.07 Å². The zero-order chi connectivity index (χ0) is 26.3. The molecule has 9 nitrogen and oxygen atoms in total. The number of nitriles is 1. The van der Waals surface area contributed by atoms with E-state index >= 15 is 0 Å². The lowest BCUT2D eigenvalue weighted by atomic mass is 9.79. The first-order chi connectivity index (χ1) is 16.7. The number of pyridine rings is 1. The van der Waals surface area contributed by atoms with Gasteiger partial charge in [0, 0.05) is 19.3 Å². The molecule has 3 fully saturated rings. The van der Waals surface area contributed by atoms with Gasteiger partial charge in [-0.3, -0.25) is 9.59 Å². The molecule has 5 rings (SSSR count). The number of hydrogen-bond donors (Lipinski definition) is 0. The van der Waals surface area contributed by atoms with Crippen LogP contribution in [-0.4, -0.2) is 53.8 Å². The van der Waals surface area contributed by atoms with Crippen LogP contribution in [0.2, 0.25) is 0 Å². The topological polar surface area (TPSA) is 121 Å². The van der Waals surface area contributed by atoms with Gasteiger partial charge < -0.3 is 4.74 Å². The normalized spacial score (nSPS) is 30.4. The Labute approximate surface area is 204 Å². The highest BCUT2D eigenvalue weighted by Gasteiger charge is 2.72. The number of carbonyl (C=O) groups excluding carboxylic acids is 2. The minimum absolute atomic E-state index is 0.194. The molecule has 2 amide bonds. The van der Waals surface area contributed by atoms with E-state index in [4.69, 9.17) is 10.00 Å². The summed E-state index contributed by atoms with van der Waals surface area (Å²) in [6.07, 6.45) is -3.54. The molecule has 3 saturated heterocycles. The average molecular weight is 520 g/mol. The number of alkyl halides is 3. The number of morpholine rings is 1. The SMILES string of the molecule is C[C@]12CN(S(=O)(=O)c3ccccn3)C[C@](C)(O1)[C@@H]1C(=O)N(c3ccc(C#N)c(C(F)(F)F)c3)C(=O)[C@@H]12. The molecular weight excluding hydrogens is 501 g/mol. The number of nitrogens with zero attached hydrogens (tertiary/aromatic N) is 4. The van der Waals surface area contributed by atoms with E-state index in [-0.39, 0.29) is 23.8 Å². The summed E-state index contributed by atoms with van der Waals surface area (Å²) in [7, 11) is -4.08. The van der Waals surface area contributed by atoms with Crippen molar-refractivity contribution in [1.29, 1.82) is 5.26 Å². The van der Waals surface area contributed by atoms with Crippen LogP contribution in [0.15, 0.2) is 47.6 Å². The highest BCUT2D eigenvalue weighted by molar-refractivity contribution is 7.89. The molecule has 188 valence electrons. The first-order valence-corrected chi connectivity index (χ1v) is 12.3. The van der Waals surface area contributed by atoms with Crippen LogP contribution in [0, 0.1) is 23.2 Å². The van der Waals surface area contributed by atoms with Crippen LogP contribution < -0.4 is 4.90 Å². The third-order valence-electron chi connectivity index (χ3n) is 7.00. The van der Waals surface area contributed by atoms with Gasteiger partial charge in [0.1, 0.15) is 0 Å². The molecule has 0 spiro atoms. The number of imide groups is 1. The van der Waals surface area contributed by atoms with E-state index in [2.05, 4.69) is 4.98 Å². The van der Waals surface area contributed by atoms with Crippen LogP contribution in [0.3, 0.4) is 0 Å². The Hall–Kier alpha value is -3.34. The first kappa shape index (κ1) is 24.4. The van der Waals surface area contributed by atoms with Crippen LogP contribution in [0.4, 0.5) is 18.9 Å². The van der Waals surface area contributed by atoms with E-state index in [1.54, 1.807) is 6.07 Å². The number of anilines is 1. The smallest absolute Gasteiger partial charge is 0.365 e. The molecule has 4 heterocycles. The molecule has 3 aliphatic rings. The van der Waals surface area contributed by atoms with Crippen molar-refractivity contribution < 1.29 is 35.9 Å². The van der Waals surface area contributed by atoms with Crippen molar-refractivity contribution in [3.63, 3.8) is 0 Å². The van der Waals surface area contributed by atoms with Gasteiger partial charge in [0.25, 0.3) is 10.0 Å². The van der Waals surface area contributed by atoms with Gasteiger partial charge in [0.05, 0.1) is 45.9 Å². The summed E-state index contributed by atoms with van der Waals surface area (Å²) in [6, 6.07) is 8.51. The van der Waals surface area contributed by atoms with Gasteiger partial charge in [0.15, 0.2) is 5.03 Å². The number of halogens is 3. The van der Waals surface area contributed by atoms with Crippen LogP contribution >= 0.6 is 0 Å². The summed E-state index contributed by atoms with van der Waals surface area (Å²) in [4.78, 5) is 31.7. The van der Waals surface area contributed by atoms with Crippen molar-refractivity contribution >= 4 is 27.5 Å². The molecule has 3 aliphatic heterocycles. The number of ether oxygens (including phenoxy) is 1. The maximum absolute atomic E-state index is 13.5. The lowest BCUT2D eigenvalue weighted by Gasteiger charge is -2.44. The number of rotatable bonds is 3. The first-order valence-electron chi connectivity index (χ1n) is 10.8. The lowest BCUT2D eigenvalue weighted by molar-refractivity contribution is -0.157. The second kappa shape index (κ2) is 7.58. The van der Waals surface area contributed by atoms with Gasteiger partial charge in [-0.05, 0) is 44.2 Å². The Balaban J connectivity index is 1.54. The third-order valence-corrected chi connectivity index (χ3v) is 8.71. The zero-order valence-electron chi connectivity index (χ0n) is 19.0. The van der Waals surface area contributed by atoms with Crippen molar-refractivity contribution in [2.24, 2.45) is 11.8 Å². The van der Waals surface area contributed by atoms with Crippen molar-refractivity contribution in [1.82, 2.24) is 9.29 Å². The molecule has 1 aromatic carbocycles. The van der Waals surface area contributed by atoms with E-state index in [0.29, 0.717) is 11.0 Å². The molecule has 2 bridgehead atoms. The molecule has 4 atom stereocenters. The van der Waals surface area contributed by atoms with Gasteiger partial charge in [-0.2, -0.15) is 22.7 Å². The fraction of sp³-hybridized carbons (Fsp3) is 0.391. The molecule has 36 heavy (non-hydrogen) atoms. The minimum Gasteiger partial charge on any atom is -0.365 e.